The van der Waals surface area contributed by atoms with Crippen molar-refractivity contribution < 1.29 is 14.3 Å². The van der Waals surface area contributed by atoms with Crippen LogP contribution in [-0.4, -0.2) is 35.4 Å². The van der Waals surface area contributed by atoms with Crippen LogP contribution in [0.15, 0.2) is 65.1 Å². The molecule has 3 rings (SSSR count). The molecule has 0 radical (unpaired) electrons. The SMILES string of the molecule is CCC(C)NC(=O)C(C)N(Cc1ccc(C)cc1)C(=O)COc1ccc2ccccc2c1Br. The van der Waals surface area contributed by atoms with E-state index in [1.54, 1.807) is 11.8 Å². The van der Waals surface area contributed by atoms with Crippen LogP contribution in [0.25, 0.3) is 10.8 Å². The van der Waals surface area contributed by atoms with Gasteiger partial charge in [-0.25, -0.2) is 0 Å². The molecule has 2 unspecified atom stereocenters. The first-order valence-electron chi connectivity index (χ1n) is 11.3. The second kappa shape index (κ2) is 11.3. The van der Waals surface area contributed by atoms with Crippen LogP contribution < -0.4 is 10.1 Å². The molecule has 2 amide bonds. The van der Waals surface area contributed by atoms with Crippen molar-refractivity contribution in [2.45, 2.75) is 52.7 Å². The molecule has 3 aromatic carbocycles. The molecule has 3 aromatic rings. The fourth-order valence-electron chi connectivity index (χ4n) is 3.49. The van der Waals surface area contributed by atoms with Crippen LogP contribution >= 0.6 is 15.9 Å². The second-order valence-corrected chi connectivity index (χ2v) is 9.18. The number of hydrogen-bond acceptors (Lipinski definition) is 3. The average molecular weight is 511 g/mol. The molecule has 0 saturated heterocycles. The third kappa shape index (κ3) is 6.35. The zero-order chi connectivity index (χ0) is 24.0. The van der Waals surface area contributed by atoms with Gasteiger partial charge in [0, 0.05) is 12.6 Å². The van der Waals surface area contributed by atoms with E-state index in [2.05, 4.69) is 21.2 Å². The number of halogens is 1. The summed E-state index contributed by atoms with van der Waals surface area (Å²) < 4.78 is 6.71. The summed E-state index contributed by atoms with van der Waals surface area (Å²) in [5, 5.41) is 5.08. The highest BCUT2D eigenvalue weighted by Gasteiger charge is 2.27. The third-order valence-corrected chi connectivity index (χ3v) is 6.64. The number of carbonyl (C=O) groups excluding carboxylic acids is 2. The second-order valence-electron chi connectivity index (χ2n) is 8.39. The van der Waals surface area contributed by atoms with Gasteiger partial charge in [0.15, 0.2) is 6.61 Å². The van der Waals surface area contributed by atoms with Gasteiger partial charge >= 0.3 is 0 Å². The summed E-state index contributed by atoms with van der Waals surface area (Å²) in [6.07, 6.45) is 0.823. The molecule has 0 spiro atoms. The van der Waals surface area contributed by atoms with Gasteiger partial charge in [-0.05, 0) is 65.5 Å². The van der Waals surface area contributed by atoms with Crippen molar-refractivity contribution >= 4 is 38.5 Å². The topological polar surface area (TPSA) is 58.6 Å². The lowest BCUT2D eigenvalue weighted by Gasteiger charge is -2.29. The minimum Gasteiger partial charge on any atom is -0.483 e. The van der Waals surface area contributed by atoms with Gasteiger partial charge in [-0.1, -0.05) is 67.1 Å². The number of nitrogens with one attached hydrogen (secondary N) is 1. The quantitative estimate of drug-likeness (QED) is 0.406. The van der Waals surface area contributed by atoms with Gasteiger partial charge in [0.25, 0.3) is 5.91 Å². The van der Waals surface area contributed by atoms with Gasteiger partial charge in [-0.2, -0.15) is 0 Å². The van der Waals surface area contributed by atoms with Crippen molar-refractivity contribution in [1.82, 2.24) is 10.2 Å². The maximum absolute atomic E-state index is 13.3. The Hall–Kier alpha value is -2.86. The van der Waals surface area contributed by atoms with Crippen molar-refractivity contribution in [2.75, 3.05) is 6.61 Å². The maximum atomic E-state index is 13.3. The zero-order valence-electron chi connectivity index (χ0n) is 19.6. The van der Waals surface area contributed by atoms with Crippen molar-refractivity contribution in [1.29, 1.82) is 0 Å². The molecule has 0 aliphatic heterocycles. The molecular weight excluding hydrogens is 480 g/mol. The number of ether oxygens (including phenoxy) is 1. The molecule has 1 N–H and O–H groups in total. The van der Waals surface area contributed by atoms with Crippen LogP contribution in [0.3, 0.4) is 0 Å². The predicted molar refractivity (Wildman–Crippen MR) is 136 cm³/mol. The highest BCUT2D eigenvalue weighted by Crippen LogP contribution is 2.33. The number of fused-ring (bicyclic) bond motifs is 1. The largest absolute Gasteiger partial charge is 0.483 e. The molecule has 0 bridgehead atoms. The fraction of sp³-hybridized carbons (Fsp3) is 0.333. The van der Waals surface area contributed by atoms with Crippen LogP contribution in [0.2, 0.25) is 0 Å². The van der Waals surface area contributed by atoms with Crippen LogP contribution in [-0.2, 0) is 16.1 Å². The minimum atomic E-state index is -0.628. The number of amides is 2. The summed E-state index contributed by atoms with van der Waals surface area (Å²) in [6, 6.07) is 19.2. The molecule has 0 aliphatic carbocycles. The van der Waals surface area contributed by atoms with Crippen molar-refractivity contribution in [3.63, 3.8) is 0 Å². The normalized spacial score (nSPS) is 12.8. The van der Waals surface area contributed by atoms with E-state index in [0.717, 1.165) is 32.8 Å². The Bertz CT molecular complexity index is 1110. The lowest BCUT2D eigenvalue weighted by molar-refractivity contribution is -0.142. The van der Waals surface area contributed by atoms with Crippen LogP contribution in [0.5, 0.6) is 5.75 Å². The smallest absolute Gasteiger partial charge is 0.261 e. The first-order valence-corrected chi connectivity index (χ1v) is 12.0. The molecule has 5 nitrogen and oxygen atoms in total. The maximum Gasteiger partial charge on any atom is 0.261 e. The Kier molecular flexibility index (Phi) is 8.50. The highest BCUT2D eigenvalue weighted by atomic mass is 79.9. The summed E-state index contributed by atoms with van der Waals surface area (Å²) in [4.78, 5) is 27.7. The van der Waals surface area contributed by atoms with Crippen molar-refractivity contribution in [2.24, 2.45) is 0 Å². The standard InChI is InChI=1S/C27H31BrN2O3/c1-5-19(3)29-27(32)20(4)30(16-21-12-10-18(2)11-13-21)25(31)17-33-24-15-14-22-8-6-7-9-23(22)26(24)28/h6-15,19-20H,5,16-17H2,1-4H3,(H,29,32). The number of aryl methyl sites for hydroxylation is 1. The first kappa shape index (κ1) is 24.8. The summed E-state index contributed by atoms with van der Waals surface area (Å²) >= 11 is 3.60. The Morgan fingerprint density at radius 1 is 1.03 bits per heavy atom. The minimum absolute atomic E-state index is 0.0427. The van der Waals surface area contributed by atoms with Gasteiger partial charge in [-0.15, -0.1) is 0 Å². The highest BCUT2D eigenvalue weighted by molar-refractivity contribution is 9.10. The van der Waals surface area contributed by atoms with Gasteiger partial charge in [0.2, 0.25) is 5.91 Å². The van der Waals surface area contributed by atoms with E-state index in [9.17, 15) is 9.59 Å². The van der Waals surface area contributed by atoms with Crippen LogP contribution in [0.1, 0.15) is 38.3 Å². The Morgan fingerprint density at radius 3 is 2.42 bits per heavy atom. The predicted octanol–water partition coefficient (Wildman–Crippen LogP) is 5.62. The number of benzene rings is 3. The molecule has 0 aliphatic rings. The summed E-state index contributed by atoms with van der Waals surface area (Å²) in [5.74, 6) is 0.174. The number of rotatable bonds is 9. The fourth-order valence-corrected chi connectivity index (χ4v) is 4.09. The van der Waals surface area contributed by atoms with Gasteiger partial charge < -0.3 is 15.0 Å². The molecule has 6 heteroatoms. The molecule has 0 fully saturated rings. The van der Waals surface area contributed by atoms with E-state index in [1.165, 1.54) is 0 Å². The molecule has 174 valence electrons. The number of carbonyl (C=O) groups is 2. The lowest BCUT2D eigenvalue weighted by Crippen LogP contribution is -2.50. The summed E-state index contributed by atoms with van der Waals surface area (Å²) in [7, 11) is 0. The lowest BCUT2D eigenvalue weighted by atomic mass is 10.1. The number of nitrogens with zero attached hydrogens (tertiary/aromatic N) is 1. The van der Waals surface area contributed by atoms with E-state index < -0.39 is 6.04 Å². The van der Waals surface area contributed by atoms with E-state index >= 15 is 0 Å². The number of hydrogen-bond donors (Lipinski definition) is 1. The monoisotopic (exact) mass is 510 g/mol. The van der Waals surface area contributed by atoms with Gasteiger partial charge in [-0.3, -0.25) is 9.59 Å². The van der Waals surface area contributed by atoms with Crippen molar-refractivity contribution in [3.8, 4) is 5.75 Å². The molecule has 2 atom stereocenters. The van der Waals surface area contributed by atoms with E-state index in [4.69, 9.17) is 4.74 Å². The summed E-state index contributed by atoms with van der Waals surface area (Å²) in [6.45, 7) is 7.91. The molecular formula is C27H31BrN2O3. The third-order valence-electron chi connectivity index (χ3n) is 5.82. The average Bonchev–Trinajstić information content (AvgIpc) is 2.82. The Labute approximate surface area is 204 Å². The van der Waals surface area contributed by atoms with Gasteiger partial charge in [0.05, 0.1) is 4.47 Å². The van der Waals surface area contributed by atoms with E-state index in [1.807, 2.05) is 81.4 Å². The molecule has 0 saturated carbocycles. The Balaban J connectivity index is 1.78. The molecule has 0 aromatic heterocycles. The molecule has 33 heavy (non-hydrogen) atoms. The van der Waals surface area contributed by atoms with E-state index in [-0.39, 0.29) is 24.5 Å². The Morgan fingerprint density at radius 2 is 1.73 bits per heavy atom. The van der Waals surface area contributed by atoms with E-state index in [0.29, 0.717) is 12.3 Å². The van der Waals surface area contributed by atoms with Crippen molar-refractivity contribution in [3.05, 3.63) is 76.3 Å². The molecule has 0 heterocycles. The van der Waals surface area contributed by atoms with Crippen LogP contribution in [0, 0.1) is 6.92 Å². The van der Waals surface area contributed by atoms with Gasteiger partial charge in [0.1, 0.15) is 11.8 Å². The first-order chi connectivity index (χ1) is 15.8. The zero-order valence-corrected chi connectivity index (χ0v) is 21.2. The van der Waals surface area contributed by atoms with Crippen LogP contribution in [0.4, 0.5) is 0 Å². The summed E-state index contributed by atoms with van der Waals surface area (Å²) in [5.41, 5.74) is 2.10.